The van der Waals surface area contributed by atoms with Gasteiger partial charge in [-0.05, 0) is 25.7 Å². The molecule has 1 aromatic rings. The average Bonchev–Trinajstić information content (AvgIpc) is 2.88. The summed E-state index contributed by atoms with van der Waals surface area (Å²) in [4.78, 5) is 3.99. The van der Waals surface area contributed by atoms with Crippen molar-refractivity contribution in [3.63, 3.8) is 0 Å². The lowest BCUT2D eigenvalue weighted by Gasteiger charge is -2.13. The van der Waals surface area contributed by atoms with Crippen LogP contribution in [0.25, 0.3) is 0 Å². The third-order valence-electron chi connectivity index (χ3n) is 3.39. The number of hydrogen-bond donors (Lipinski definition) is 0. The first-order valence-corrected chi connectivity index (χ1v) is 7.72. The molecule has 1 heterocycles. The summed E-state index contributed by atoms with van der Waals surface area (Å²) in [6.07, 6.45) is 4.35. The fourth-order valence-electron chi connectivity index (χ4n) is 2.29. The normalized spacial score (nSPS) is 19.6. The first kappa shape index (κ1) is 12.5. The lowest BCUT2D eigenvalue weighted by molar-refractivity contribution is 0.387. The third kappa shape index (κ3) is 2.86. The maximum Gasteiger partial charge on any atom is 0.223 e. The number of sulfone groups is 1. The van der Waals surface area contributed by atoms with Gasteiger partial charge in [0.25, 0.3) is 0 Å². The molecule has 0 aliphatic heterocycles. The molecule has 5 nitrogen and oxygen atoms in total. The second kappa shape index (κ2) is 4.76. The van der Waals surface area contributed by atoms with Gasteiger partial charge < -0.3 is 4.52 Å². The molecule has 0 spiro atoms. The zero-order chi connectivity index (χ0) is 12.5. The SMILES string of the molecule is Cc1nc(C(C)S(=O)(=O)CC2CCCC2)no1. The van der Waals surface area contributed by atoms with Gasteiger partial charge >= 0.3 is 0 Å². The van der Waals surface area contributed by atoms with Gasteiger partial charge in [0.2, 0.25) is 5.89 Å². The van der Waals surface area contributed by atoms with E-state index in [-0.39, 0.29) is 11.6 Å². The highest BCUT2D eigenvalue weighted by molar-refractivity contribution is 7.91. The molecule has 1 aromatic heterocycles. The van der Waals surface area contributed by atoms with Gasteiger partial charge in [0.1, 0.15) is 5.25 Å². The van der Waals surface area contributed by atoms with E-state index in [1.807, 2.05) is 0 Å². The Morgan fingerprint density at radius 3 is 2.59 bits per heavy atom. The van der Waals surface area contributed by atoms with E-state index < -0.39 is 15.1 Å². The van der Waals surface area contributed by atoms with Crippen LogP contribution < -0.4 is 0 Å². The van der Waals surface area contributed by atoms with Crippen LogP contribution in [0.2, 0.25) is 0 Å². The quantitative estimate of drug-likeness (QED) is 0.826. The molecule has 1 saturated carbocycles. The van der Waals surface area contributed by atoms with Gasteiger partial charge in [-0.1, -0.05) is 18.0 Å². The Labute approximate surface area is 102 Å². The Balaban J connectivity index is 2.09. The number of aromatic nitrogens is 2. The van der Waals surface area contributed by atoms with Gasteiger partial charge in [0.05, 0.1) is 5.75 Å². The maximum atomic E-state index is 12.2. The Morgan fingerprint density at radius 1 is 1.41 bits per heavy atom. The highest BCUT2D eigenvalue weighted by atomic mass is 32.2. The minimum absolute atomic E-state index is 0.252. The summed E-state index contributed by atoms with van der Waals surface area (Å²) in [6.45, 7) is 3.29. The van der Waals surface area contributed by atoms with Crippen molar-refractivity contribution in [2.24, 2.45) is 5.92 Å². The summed E-state index contributed by atoms with van der Waals surface area (Å²) in [6, 6.07) is 0. The Bertz CT molecular complexity index is 475. The molecule has 96 valence electrons. The van der Waals surface area contributed by atoms with Gasteiger partial charge in [-0.2, -0.15) is 4.98 Å². The molecular formula is C11H18N2O3S. The first-order valence-electron chi connectivity index (χ1n) is 6.01. The van der Waals surface area contributed by atoms with Crippen LogP contribution in [0.3, 0.4) is 0 Å². The van der Waals surface area contributed by atoms with Crippen molar-refractivity contribution in [2.75, 3.05) is 5.75 Å². The summed E-state index contributed by atoms with van der Waals surface area (Å²) in [5, 5.41) is 3.03. The van der Waals surface area contributed by atoms with Crippen molar-refractivity contribution in [3.05, 3.63) is 11.7 Å². The summed E-state index contributed by atoms with van der Waals surface area (Å²) >= 11 is 0. The molecule has 2 rings (SSSR count). The Hall–Kier alpha value is -0.910. The summed E-state index contributed by atoms with van der Waals surface area (Å²) in [7, 11) is -3.17. The van der Waals surface area contributed by atoms with Gasteiger partial charge in [-0.3, -0.25) is 0 Å². The van der Waals surface area contributed by atoms with Gasteiger partial charge in [-0.15, -0.1) is 0 Å². The second-order valence-electron chi connectivity index (χ2n) is 4.79. The van der Waals surface area contributed by atoms with Crippen molar-refractivity contribution in [2.45, 2.75) is 44.8 Å². The predicted octanol–water partition coefficient (Wildman–Crippen LogP) is 2.04. The van der Waals surface area contributed by atoms with E-state index in [4.69, 9.17) is 4.52 Å². The second-order valence-corrected chi connectivity index (χ2v) is 7.16. The van der Waals surface area contributed by atoms with E-state index in [0.717, 1.165) is 25.7 Å². The highest BCUT2D eigenvalue weighted by Gasteiger charge is 2.30. The Morgan fingerprint density at radius 2 is 2.06 bits per heavy atom. The van der Waals surface area contributed by atoms with Crippen molar-refractivity contribution >= 4 is 9.84 Å². The van der Waals surface area contributed by atoms with Crippen molar-refractivity contribution in [3.8, 4) is 0 Å². The van der Waals surface area contributed by atoms with Crippen molar-refractivity contribution in [1.29, 1.82) is 0 Å². The minimum atomic E-state index is -3.17. The van der Waals surface area contributed by atoms with Crippen LogP contribution in [0.1, 0.15) is 49.6 Å². The van der Waals surface area contributed by atoms with E-state index in [1.54, 1.807) is 13.8 Å². The van der Waals surface area contributed by atoms with E-state index in [2.05, 4.69) is 10.1 Å². The molecule has 0 saturated heterocycles. The van der Waals surface area contributed by atoms with E-state index in [0.29, 0.717) is 11.8 Å². The molecule has 1 fully saturated rings. The van der Waals surface area contributed by atoms with Gasteiger partial charge in [0, 0.05) is 6.92 Å². The van der Waals surface area contributed by atoms with Crippen LogP contribution >= 0.6 is 0 Å². The maximum absolute atomic E-state index is 12.2. The number of hydrogen-bond acceptors (Lipinski definition) is 5. The van der Waals surface area contributed by atoms with E-state index in [9.17, 15) is 8.42 Å². The minimum Gasteiger partial charge on any atom is -0.340 e. The third-order valence-corrected chi connectivity index (χ3v) is 5.61. The molecule has 0 N–H and O–H groups in total. The first-order chi connectivity index (χ1) is 7.99. The van der Waals surface area contributed by atoms with Gasteiger partial charge in [0.15, 0.2) is 15.7 Å². The van der Waals surface area contributed by atoms with Crippen LogP contribution in [0.15, 0.2) is 4.52 Å². The lowest BCUT2D eigenvalue weighted by Crippen LogP contribution is -2.20. The largest absolute Gasteiger partial charge is 0.340 e. The monoisotopic (exact) mass is 258 g/mol. The van der Waals surface area contributed by atoms with Crippen LogP contribution in [0.5, 0.6) is 0 Å². The number of aryl methyl sites for hydroxylation is 1. The average molecular weight is 258 g/mol. The molecule has 0 bridgehead atoms. The number of rotatable bonds is 4. The Kier molecular flexibility index (Phi) is 3.51. The predicted molar refractivity (Wildman–Crippen MR) is 63.2 cm³/mol. The highest BCUT2D eigenvalue weighted by Crippen LogP contribution is 2.30. The summed E-state index contributed by atoms with van der Waals surface area (Å²) in [5.41, 5.74) is 0. The van der Waals surface area contributed by atoms with Crippen LogP contribution in [0.4, 0.5) is 0 Å². The van der Waals surface area contributed by atoms with E-state index >= 15 is 0 Å². The fraction of sp³-hybridized carbons (Fsp3) is 0.818. The molecule has 0 radical (unpaired) electrons. The number of nitrogens with zero attached hydrogens (tertiary/aromatic N) is 2. The van der Waals surface area contributed by atoms with Crippen LogP contribution in [-0.4, -0.2) is 24.3 Å². The fourth-order valence-corrected chi connectivity index (χ4v) is 3.99. The molecule has 1 unspecified atom stereocenters. The summed E-state index contributed by atoms with van der Waals surface area (Å²) in [5.74, 6) is 1.25. The molecule has 17 heavy (non-hydrogen) atoms. The standard InChI is InChI=1S/C11H18N2O3S/c1-8(11-12-9(2)16-13-11)17(14,15)7-10-5-3-4-6-10/h8,10H,3-7H2,1-2H3. The topological polar surface area (TPSA) is 73.1 Å². The molecule has 1 aliphatic rings. The zero-order valence-corrected chi connectivity index (χ0v) is 11.0. The van der Waals surface area contributed by atoms with Gasteiger partial charge in [-0.25, -0.2) is 8.42 Å². The van der Waals surface area contributed by atoms with Crippen LogP contribution in [0, 0.1) is 12.8 Å². The zero-order valence-electron chi connectivity index (χ0n) is 10.2. The van der Waals surface area contributed by atoms with Crippen LogP contribution in [-0.2, 0) is 9.84 Å². The molecular weight excluding hydrogens is 240 g/mol. The molecule has 0 amide bonds. The summed E-state index contributed by atoms with van der Waals surface area (Å²) < 4.78 is 29.2. The smallest absolute Gasteiger partial charge is 0.223 e. The molecule has 0 aromatic carbocycles. The lowest BCUT2D eigenvalue weighted by atomic mass is 10.1. The molecule has 1 aliphatic carbocycles. The molecule has 6 heteroatoms. The van der Waals surface area contributed by atoms with Crippen molar-refractivity contribution < 1.29 is 12.9 Å². The molecule has 1 atom stereocenters. The van der Waals surface area contributed by atoms with Crippen molar-refractivity contribution in [1.82, 2.24) is 10.1 Å². The van der Waals surface area contributed by atoms with E-state index in [1.165, 1.54) is 0 Å².